The fourth-order valence-electron chi connectivity index (χ4n) is 1.21. The third-order valence-electron chi connectivity index (χ3n) is 1.80. The predicted octanol–water partition coefficient (Wildman–Crippen LogP) is 0.137. The second-order valence-corrected chi connectivity index (χ2v) is 2.67. The summed E-state index contributed by atoms with van der Waals surface area (Å²) in [6.07, 6.45) is 3.50. The van der Waals surface area contributed by atoms with Crippen LogP contribution < -0.4 is 5.32 Å². The molecule has 4 nitrogen and oxygen atoms in total. The number of rotatable bonds is 1. The van der Waals surface area contributed by atoms with Gasteiger partial charge in [-0.25, -0.2) is 9.97 Å². The molecule has 4 heteroatoms. The summed E-state index contributed by atoms with van der Waals surface area (Å²) in [6, 6.07) is 1.81. The van der Waals surface area contributed by atoms with E-state index >= 15 is 0 Å². The second-order valence-electron chi connectivity index (χ2n) is 2.67. The molecule has 1 aliphatic heterocycles. The van der Waals surface area contributed by atoms with Gasteiger partial charge in [-0.3, -0.25) is 0 Å². The van der Waals surface area contributed by atoms with E-state index in [2.05, 4.69) is 15.3 Å². The molecule has 0 aliphatic carbocycles. The second kappa shape index (κ2) is 3.60. The van der Waals surface area contributed by atoms with Crippen molar-refractivity contribution in [2.45, 2.75) is 6.10 Å². The number of nitrogens with zero attached hydrogens (tertiary/aromatic N) is 2. The minimum atomic E-state index is 0.0277. The first kappa shape index (κ1) is 7.64. The molecule has 2 rings (SSSR count). The van der Waals surface area contributed by atoms with Gasteiger partial charge in [-0.15, -0.1) is 0 Å². The minimum absolute atomic E-state index is 0.0277. The molecule has 1 atom stereocenters. The van der Waals surface area contributed by atoms with Gasteiger partial charge in [0.05, 0.1) is 6.61 Å². The molecule has 2 heterocycles. The summed E-state index contributed by atoms with van der Waals surface area (Å²) >= 11 is 0. The Hall–Kier alpha value is -1.00. The van der Waals surface area contributed by atoms with Crippen LogP contribution in [0.15, 0.2) is 18.5 Å². The van der Waals surface area contributed by atoms with Crippen LogP contribution >= 0.6 is 0 Å². The molecule has 1 aromatic rings. The Labute approximate surface area is 71.0 Å². The lowest BCUT2D eigenvalue weighted by atomic mass is 10.3. The van der Waals surface area contributed by atoms with E-state index in [0.29, 0.717) is 0 Å². The van der Waals surface area contributed by atoms with Crippen LogP contribution in [0.25, 0.3) is 0 Å². The lowest BCUT2D eigenvalue weighted by molar-refractivity contribution is 0.0221. The van der Waals surface area contributed by atoms with E-state index < -0.39 is 0 Å². The van der Waals surface area contributed by atoms with E-state index in [1.54, 1.807) is 18.5 Å². The van der Waals surface area contributed by atoms with Gasteiger partial charge >= 0.3 is 0 Å². The van der Waals surface area contributed by atoms with Gasteiger partial charge < -0.3 is 10.1 Å². The van der Waals surface area contributed by atoms with Crippen molar-refractivity contribution in [1.29, 1.82) is 0 Å². The Bertz CT molecular complexity index is 233. The van der Waals surface area contributed by atoms with Crippen molar-refractivity contribution in [2.24, 2.45) is 0 Å². The zero-order valence-electron chi connectivity index (χ0n) is 6.73. The fourth-order valence-corrected chi connectivity index (χ4v) is 1.21. The number of hydrogen-bond acceptors (Lipinski definition) is 4. The molecule has 0 saturated carbocycles. The number of hydrogen-bond donors (Lipinski definition) is 1. The molecular weight excluding hydrogens is 154 g/mol. The normalized spacial score (nSPS) is 23.8. The molecule has 1 N–H and O–H groups in total. The van der Waals surface area contributed by atoms with Gasteiger partial charge in [-0.05, 0) is 6.07 Å². The molecule has 1 fully saturated rings. The summed E-state index contributed by atoms with van der Waals surface area (Å²) in [6.45, 7) is 2.47. The van der Waals surface area contributed by atoms with Crippen LogP contribution in [0.4, 0.5) is 0 Å². The van der Waals surface area contributed by atoms with Crippen LogP contribution in [0.5, 0.6) is 0 Å². The maximum atomic E-state index is 5.48. The monoisotopic (exact) mass is 165 g/mol. The van der Waals surface area contributed by atoms with Gasteiger partial charge in [-0.1, -0.05) is 0 Å². The third kappa shape index (κ3) is 1.60. The standard InChI is InChI=1S/C8H11N3O/c1-2-10-8(11-3-1)7-6-9-4-5-12-7/h1-3,7,9H,4-6H2. The van der Waals surface area contributed by atoms with Gasteiger partial charge in [0.2, 0.25) is 0 Å². The summed E-state index contributed by atoms with van der Waals surface area (Å²) in [5.41, 5.74) is 0. The van der Waals surface area contributed by atoms with E-state index in [0.717, 1.165) is 25.5 Å². The van der Waals surface area contributed by atoms with Gasteiger partial charge in [0.15, 0.2) is 5.82 Å². The third-order valence-corrected chi connectivity index (χ3v) is 1.80. The zero-order chi connectivity index (χ0) is 8.23. The molecule has 0 bridgehead atoms. The average Bonchev–Trinajstić information content (AvgIpc) is 2.21. The first-order chi connectivity index (χ1) is 5.97. The molecule has 12 heavy (non-hydrogen) atoms. The zero-order valence-corrected chi connectivity index (χ0v) is 6.73. The van der Waals surface area contributed by atoms with Crippen LogP contribution in [0, 0.1) is 0 Å². The highest BCUT2D eigenvalue weighted by Crippen LogP contribution is 2.12. The molecule has 64 valence electrons. The molecule has 1 saturated heterocycles. The molecule has 0 spiro atoms. The highest BCUT2D eigenvalue weighted by Gasteiger charge is 2.17. The van der Waals surface area contributed by atoms with Gasteiger partial charge in [-0.2, -0.15) is 0 Å². The smallest absolute Gasteiger partial charge is 0.158 e. The lowest BCUT2D eigenvalue weighted by Gasteiger charge is -2.21. The first-order valence-corrected chi connectivity index (χ1v) is 4.06. The highest BCUT2D eigenvalue weighted by molar-refractivity contribution is 4.94. The van der Waals surface area contributed by atoms with Crippen LogP contribution in [-0.2, 0) is 4.74 Å². The van der Waals surface area contributed by atoms with E-state index in [4.69, 9.17) is 4.74 Å². The summed E-state index contributed by atoms with van der Waals surface area (Å²) in [5.74, 6) is 0.768. The molecule has 1 aromatic heterocycles. The predicted molar refractivity (Wildman–Crippen MR) is 43.6 cm³/mol. The molecule has 1 unspecified atom stereocenters. The summed E-state index contributed by atoms with van der Waals surface area (Å²) < 4.78 is 5.48. The number of ether oxygens (including phenoxy) is 1. The topological polar surface area (TPSA) is 47.0 Å². The molecule has 0 radical (unpaired) electrons. The molecule has 0 amide bonds. The van der Waals surface area contributed by atoms with Crippen molar-refractivity contribution in [3.05, 3.63) is 24.3 Å². The molecular formula is C8H11N3O. The highest BCUT2D eigenvalue weighted by atomic mass is 16.5. The van der Waals surface area contributed by atoms with Crippen molar-refractivity contribution in [2.75, 3.05) is 19.7 Å². The van der Waals surface area contributed by atoms with Crippen LogP contribution in [0.1, 0.15) is 11.9 Å². The SMILES string of the molecule is c1cnc(C2CNCCO2)nc1. The minimum Gasteiger partial charge on any atom is -0.368 e. The summed E-state index contributed by atoms with van der Waals surface area (Å²) in [7, 11) is 0. The van der Waals surface area contributed by atoms with Crippen molar-refractivity contribution >= 4 is 0 Å². The Balaban J connectivity index is 2.08. The molecule has 1 aliphatic rings. The van der Waals surface area contributed by atoms with Gasteiger partial charge in [0.1, 0.15) is 6.10 Å². The quantitative estimate of drug-likeness (QED) is 0.643. The average molecular weight is 165 g/mol. The Morgan fingerprint density at radius 2 is 2.25 bits per heavy atom. The van der Waals surface area contributed by atoms with E-state index in [1.807, 2.05) is 0 Å². The van der Waals surface area contributed by atoms with E-state index in [9.17, 15) is 0 Å². The van der Waals surface area contributed by atoms with Gasteiger partial charge in [0.25, 0.3) is 0 Å². The number of nitrogens with one attached hydrogen (secondary N) is 1. The van der Waals surface area contributed by atoms with Crippen molar-refractivity contribution < 1.29 is 4.74 Å². The van der Waals surface area contributed by atoms with Crippen LogP contribution in [0.3, 0.4) is 0 Å². The van der Waals surface area contributed by atoms with Crippen molar-refractivity contribution in [3.63, 3.8) is 0 Å². The number of aromatic nitrogens is 2. The van der Waals surface area contributed by atoms with Crippen LogP contribution in [-0.4, -0.2) is 29.7 Å². The van der Waals surface area contributed by atoms with Crippen molar-refractivity contribution in [1.82, 2.24) is 15.3 Å². The van der Waals surface area contributed by atoms with Crippen LogP contribution in [0.2, 0.25) is 0 Å². The summed E-state index contributed by atoms with van der Waals surface area (Å²) in [4.78, 5) is 8.25. The van der Waals surface area contributed by atoms with E-state index in [1.165, 1.54) is 0 Å². The Morgan fingerprint density at radius 3 is 2.92 bits per heavy atom. The summed E-state index contributed by atoms with van der Waals surface area (Å²) in [5, 5.41) is 3.23. The number of morpholine rings is 1. The van der Waals surface area contributed by atoms with Gasteiger partial charge in [0, 0.05) is 25.5 Å². The Kier molecular flexibility index (Phi) is 2.29. The fraction of sp³-hybridized carbons (Fsp3) is 0.500. The van der Waals surface area contributed by atoms with Crippen molar-refractivity contribution in [3.8, 4) is 0 Å². The Morgan fingerprint density at radius 1 is 1.42 bits per heavy atom. The maximum absolute atomic E-state index is 5.48. The molecule has 0 aromatic carbocycles. The first-order valence-electron chi connectivity index (χ1n) is 4.06. The maximum Gasteiger partial charge on any atom is 0.158 e. The largest absolute Gasteiger partial charge is 0.368 e. The van der Waals surface area contributed by atoms with E-state index in [-0.39, 0.29) is 6.10 Å². The lowest BCUT2D eigenvalue weighted by Crippen LogP contribution is -2.34.